The Balaban J connectivity index is 2.50. The van der Waals surface area contributed by atoms with E-state index < -0.39 is 0 Å². The average molecular weight is 207 g/mol. The number of esters is 1. The van der Waals surface area contributed by atoms with Crippen LogP contribution in [0.5, 0.6) is 0 Å². The minimum Gasteiger partial charge on any atom is -0.462 e. The normalized spacial score (nSPS) is 10.4. The van der Waals surface area contributed by atoms with E-state index in [4.69, 9.17) is 4.74 Å². The Bertz CT molecular complexity index is 464. The first-order chi connectivity index (χ1) is 6.83. The minimum absolute atomic E-state index is 0.302. The van der Waals surface area contributed by atoms with Crippen LogP contribution in [0.4, 0.5) is 0 Å². The Morgan fingerprint density at radius 3 is 3.21 bits per heavy atom. The summed E-state index contributed by atoms with van der Waals surface area (Å²) in [5, 5.41) is 0. The number of rotatable bonds is 2. The van der Waals surface area contributed by atoms with E-state index in [9.17, 15) is 4.79 Å². The van der Waals surface area contributed by atoms with Gasteiger partial charge in [-0.05, 0) is 19.1 Å². The van der Waals surface area contributed by atoms with Crippen molar-refractivity contribution in [2.75, 3.05) is 6.61 Å². The van der Waals surface area contributed by atoms with Gasteiger partial charge in [0.25, 0.3) is 0 Å². The highest BCUT2D eigenvalue weighted by molar-refractivity contribution is 7.16. The van der Waals surface area contributed by atoms with Crippen LogP contribution in [0.15, 0.2) is 23.7 Å². The van der Waals surface area contributed by atoms with Crippen LogP contribution in [-0.4, -0.2) is 17.6 Å². The number of thiazole rings is 1. The van der Waals surface area contributed by atoms with Crippen molar-refractivity contribution in [3.63, 3.8) is 0 Å². The predicted octanol–water partition coefficient (Wildman–Crippen LogP) is 2.47. The molecular weight excluding hydrogens is 198 g/mol. The summed E-state index contributed by atoms with van der Waals surface area (Å²) >= 11 is 1.52. The van der Waals surface area contributed by atoms with Gasteiger partial charge in [-0.1, -0.05) is 6.07 Å². The van der Waals surface area contributed by atoms with Gasteiger partial charge in [0, 0.05) is 0 Å². The van der Waals surface area contributed by atoms with Crippen molar-refractivity contribution in [3.8, 4) is 0 Å². The van der Waals surface area contributed by atoms with E-state index in [0.29, 0.717) is 12.2 Å². The highest BCUT2D eigenvalue weighted by atomic mass is 32.1. The molecule has 0 saturated carbocycles. The van der Waals surface area contributed by atoms with Gasteiger partial charge in [-0.15, -0.1) is 11.3 Å². The zero-order valence-electron chi connectivity index (χ0n) is 7.69. The number of benzene rings is 1. The molecule has 0 bridgehead atoms. The fourth-order valence-electron chi connectivity index (χ4n) is 1.26. The van der Waals surface area contributed by atoms with Gasteiger partial charge in [-0.25, -0.2) is 9.78 Å². The van der Waals surface area contributed by atoms with Crippen molar-refractivity contribution in [3.05, 3.63) is 29.3 Å². The van der Waals surface area contributed by atoms with Gasteiger partial charge in [0.05, 0.1) is 27.9 Å². The van der Waals surface area contributed by atoms with Gasteiger partial charge in [0.2, 0.25) is 0 Å². The number of fused-ring (bicyclic) bond motifs is 1. The molecule has 0 N–H and O–H groups in total. The number of nitrogens with zero attached hydrogens (tertiary/aromatic N) is 1. The van der Waals surface area contributed by atoms with E-state index in [-0.39, 0.29) is 5.97 Å². The van der Waals surface area contributed by atoms with Gasteiger partial charge in [0.15, 0.2) is 0 Å². The van der Waals surface area contributed by atoms with Crippen LogP contribution in [0.25, 0.3) is 10.2 Å². The van der Waals surface area contributed by atoms with Crippen molar-refractivity contribution in [1.82, 2.24) is 4.98 Å². The molecule has 0 unspecified atom stereocenters. The molecule has 1 heterocycles. The second kappa shape index (κ2) is 3.75. The summed E-state index contributed by atoms with van der Waals surface area (Å²) in [7, 11) is 0. The van der Waals surface area contributed by atoms with Crippen LogP contribution >= 0.6 is 11.3 Å². The van der Waals surface area contributed by atoms with Crippen molar-refractivity contribution in [1.29, 1.82) is 0 Å². The highest BCUT2D eigenvalue weighted by Gasteiger charge is 2.11. The predicted molar refractivity (Wildman–Crippen MR) is 55.6 cm³/mol. The molecule has 0 atom stereocenters. The van der Waals surface area contributed by atoms with Crippen molar-refractivity contribution < 1.29 is 9.53 Å². The second-order valence-electron chi connectivity index (χ2n) is 2.73. The first-order valence-corrected chi connectivity index (χ1v) is 5.20. The molecule has 72 valence electrons. The third kappa shape index (κ3) is 1.48. The SMILES string of the molecule is CCOC(=O)c1cccc2scnc12. The van der Waals surface area contributed by atoms with Gasteiger partial charge in [-0.3, -0.25) is 0 Å². The number of hydrogen-bond acceptors (Lipinski definition) is 4. The van der Waals surface area contributed by atoms with Gasteiger partial charge in [0.1, 0.15) is 0 Å². The summed E-state index contributed by atoms with van der Waals surface area (Å²) < 4.78 is 5.94. The summed E-state index contributed by atoms with van der Waals surface area (Å²) in [6.45, 7) is 2.18. The fraction of sp³-hybridized carbons (Fsp3) is 0.200. The number of ether oxygens (including phenoxy) is 1. The monoisotopic (exact) mass is 207 g/mol. The molecule has 0 aliphatic rings. The molecule has 4 heteroatoms. The summed E-state index contributed by atoms with van der Waals surface area (Å²) in [6.07, 6.45) is 0. The number of carbonyl (C=O) groups excluding carboxylic acids is 1. The molecule has 1 aromatic heterocycles. The lowest BCUT2D eigenvalue weighted by atomic mass is 10.2. The quantitative estimate of drug-likeness (QED) is 0.710. The lowest BCUT2D eigenvalue weighted by molar-refractivity contribution is 0.0528. The zero-order valence-corrected chi connectivity index (χ0v) is 8.50. The molecule has 0 aliphatic carbocycles. The maximum atomic E-state index is 11.5. The maximum absolute atomic E-state index is 11.5. The van der Waals surface area contributed by atoms with Crippen molar-refractivity contribution in [2.24, 2.45) is 0 Å². The van der Waals surface area contributed by atoms with Gasteiger partial charge < -0.3 is 4.74 Å². The summed E-state index contributed by atoms with van der Waals surface area (Å²) in [6, 6.07) is 5.52. The minimum atomic E-state index is -0.302. The molecular formula is C10H9NO2S. The molecule has 2 aromatic rings. The topological polar surface area (TPSA) is 39.2 Å². The molecule has 1 aromatic carbocycles. The number of aromatic nitrogens is 1. The first kappa shape index (κ1) is 9.15. The summed E-state index contributed by atoms with van der Waals surface area (Å²) in [5.74, 6) is -0.302. The van der Waals surface area contributed by atoms with E-state index in [1.54, 1.807) is 18.5 Å². The molecule has 0 radical (unpaired) electrons. The lowest BCUT2D eigenvalue weighted by Crippen LogP contribution is -2.04. The van der Waals surface area contributed by atoms with Crippen molar-refractivity contribution in [2.45, 2.75) is 6.92 Å². The highest BCUT2D eigenvalue weighted by Crippen LogP contribution is 2.21. The largest absolute Gasteiger partial charge is 0.462 e. The maximum Gasteiger partial charge on any atom is 0.340 e. The zero-order chi connectivity index (χ0) is 9.97. The molecule has 3 nitrogen and oxygen atoms in total. The summed E-state index contributed by atoms with van der Waals surface area (Å²) in [5.41, 5.74) is 3.01. The van der Waals surface area contributed by atoms with Crippen LogP contribution < -0.4 is 0 Å². The number of para-hydroxylation sites is 1. The standard InChI is InChI=1S/C10H9NO2S/c1-2-13-10(12)7-4-3-5-8-9(7)11-6-14-8/h3-6H,2H2,1H3. The molecule has 2 rings (SSSR count). The van der Waals surface area contributed by atoms with Gasteiger partial charge >= 0.3 is 5.97 Å². The van der Waals surface area contributed by atoms with Crippen LogP contribution in [0, 0.1) is 0 Å². The summed E-state index contributed by atoms with van der Waals surface area (Å²) in [4.78, 5) is 15.6. The third-order valence-corrected chi connectivity index (χ3v) is 2.65. The van der Waals surface area contributed by atoms with Crippen LogP contribution in [-0.2, 0) is 4.74 Å². The van der Waals surface area contributed by atoms with E-state index in [0.717, 1.165) is 10.2 Å². The Morgan fingerprint density at radius 1 is 1.57 bits per heavy atom. The van der Waals surface area contributed by atoms with E-state index in [2.05, 4.69) is 4.98 Å². The molecule has 0 aliphatic heterocycles. The molecule has 0 amide bonds. The Kier molecular flexibility index (Phi) is 2.45. The third-order valence-electron chi connectivity index (χ3n) is 1.86. The van der Waals surface area contributed by atoms with E-state index in [1.807, 2.05) is 12.1 Å². The molecule has 0 fully saturated rings. The van der Waals surface area contributed by atoms with Crippen LogP contribution in [0.2, 0.25) is 0 Å². The second-order valence-corrected chi connectivity index (χ2v) is 3.61. The Labute approximate surface area is 85.3 Å². The Hall–Kier alpha value is -1.42. The van der Waals surface area contributed by atoms with E-state index >= 15 is 0 Å². The number of carbonyl (C=O) groups is 1. The first-order valence-electron chi connectivity index (χ1n) is 4.32. The fourth-order valence-corrected chi connectivity index (χ4v) is 1.96. The van der Waals surface area contributed by atoms with Gasteiger partial charge in [-0.2, -0.15) is 0 Å². The van der Waals surface area contributed by atoms with Crippen LogP contribution in [0.3, 0.4) is 0 Å². The molecule has 0 saturated heterocycles. The Morgan fingerprint density at radius 2 is 2.43 bits per heavy atom. The smallest absolute Gasteiger partial charge is 0.340 e. The van der Waals surface area contributed by atoms with Crippen molar-refractivity contribution >= 4 is 27.5 Å². The molecule has 0 spiro atoms. The lowest BCUT2D eigenvalue weighted by Gasteiger charge is -2.01. The molecule has 14 heavy (non-hydrogen) atoms. The van der Waals surface area contributed by atoms with Crippen LogP contribution in [0.1, 0.15) is 17.3 Å². The van der Waals surface area contributed by atoms with E-state index in [1.165, 1.54) is 11.3 Å². The number of hydrogen-bond donors (Lipinski definition) is 0. The average Bonchev–Trinajstić information content (AvgIpc) is 2.65.